The Bertz CT molecular complexity index is 724. The number of rotatable bonds is 5. The number of hydrogen-bond acceptors (Lipinski definition) is 6. The Balaban J connectivity index is 1.84. The van der Waals surface area contributed by atoms with Crippen LogP contribution in [0.3, 0.4) is 0 Å². The number of nitrogens with two attached hydrogens (primary N) is 1. The van der Waals surface area contributed by atoms with E-state index in [9.17, 15) is 4.79 Å². The van der Waals surface area contributed by atoms with Gasteiger partial charge in [0.15, 0.2) is 5.79 Å². The van der Waals surface area contributed by atoms with E-state index in [1.54, 1.807) is 12.4 Å². The highest BCUT2D eigenvalue weighted by Crippen LogP contribution is 2.27. The summed E-state index contributed by atoms with van der Waals surface area (Å²) in [6.07, 6.45) is 4.84. The van der Waals surface area contributed by atoms with E-state index < -0.39 is 5.79 Å². The van der Waals surface area contributed by atoms with Gasteiger partial charge in [-0.3, -0.25) is 9.78 Å². The molecule has 1 aliphatic rings. The third kappa shape index (κ3) is 3.40. The Morgan fingerprint density at radius 2 is 2.17 bits per heavy atom. The van der Waals surface area contributed by atoms with Gasteiger partial charge in [0.2, 0.25) is 0 Å². The first-order valence-corrected chi connectivity index (χ1v) is 7.66. The molecule has 1 aliphatic heterocycles. The van der Waals surface area contributed by atoms with E-state index in [0.717, 1.165) is 5.56 Å². The Kier molecular flexibility index (Phi) is 4.40. The molecular weight excluding hydrogens is 296 g/mol. The average molecular weight is 316 g/mol. The van der Waals surface area contributed by atoms with Gasteiger partial charge in [0.05, 0.1) is 18.8 Å². The third-order valence-corrected chi connectivity index (χ3v) is 3.99. The van der Waals surface area contributed by atoms with E-state index in [-0.39, 0.29) is 11.4 Å². The number of aromatic amines is 1. The summed E-state index contributed by atoms with van der Waals surface area (Å²) in [7, 11) is 0. The fourth-order valence-electron chi connectivity index (χ4n) is 2.71. The van der Waals surface area contributed by atoms with Gasteiger partial charge in [-0.2, -0.15) is 0 Å². The van der Waals surface area contributed by atoms with Crippen molar-refractivity contribution in [1.82, 2.24) is 15.0 Å². The lowest BCUT2D eigenvalue weighted by atomic mass is 10.0. The van der Waals surface area contributed by atoms with E-state index in [1.165, 1.54) is 0 Å². The molecule has 1 saturated heterocycles. The van der Waals surface area contributed by atoms with Crippen LogP contribution in [0.2, 0.25) is 0 Å². The molecular formula is C16H20N4O3. The maximum Gasteiger partial charge on any atom is 0.256 e. The standard InChI is InChI=1S/C16H20N4O3/c1-2-16(22-6-7-23-16)9-12-14(17)19-13(20-15(12)21)8-11-4-3-5-18-10-11/h3-5,10H,2,6-9H2,1H3,(H3,17,19,20,21). The van der Waals surface area contributed by atoms with Gasteiger partial charge >= 0.3 is 0 Å². The van der Waals surface area contributed by atoms with Gasteiger partial charge in [-0.15, -0.1) is 0 Å². The molecule has 0 radical (unpaired) electrons. The lowest BCUT2D eigenvalue weighted by Crippen LogP contribution is -2.35. The van der Waals surface area contributed by atoms with E-state index in [0.29, 0.717) is 43.9 Å². The number of pyridine rings is 1. The predicted octanol–water partition coefficient (Wildman–Crippen LogP) is 1.03. The molecule has 23 heavy (non-hydrogen) atoms. The summed E-state index contributed by atoms with van der Waals surface area (Å²) < 4.78 is 11.3. The summed E-state index contributed by atoms with van der Waals surface area (Å²) in [5, 5.41) is 0. The summed E-state index contributed by atoms with van der Waals surface area (Å²) in [6.45, 7) is 3.01. The predicted molar refractivity (Wildman–Crippen MR) is 84.9 cm³/mol. The van der Waals surface area contributed by atoms with Crippen LogP contribution < -0.4 is 11.3 Å². The second-order valence-electron chi connectivity index (χ2n) is 5.55. The summed E-state index contributed by atoms with van der Waals surface area (Å²) in [5.41, 5.74) is 7.12. The maximum absolute atomic E-state index is 12.4. The van der Waals surface area contributed by atoms with E-state index in [1.807, 2.05) is 19.1 Å². The monoisotopic (exact) mass is 316 g/mol. The van der Waals surface area contributed by atoms with Crippen LogP contribution in [-0.4, -0.2) is 34.0 Å². The van der Waals surface area contributed by atoms with E-state index in [4.69, 9.17) is 15.2 Å². The zero-order valence-electron chi connectivity index (χ0n) is 13.0. The van der Waals surface area contributed by atoms with Crippen LogP contribution in [0.5, 0.6) is 0 Å². The first-order valence-electron chi connectivity index (χ1n) is 7.66. The molecule has 2 aromatic heterocycles. The minimum Gasteiger partial charge on any atom is -0.383 e. The second-order valence-corrected chi connectivity index (χ2v) is 5.55. The van der Waals surface area contributed by atoms with Crippen LogP contribution in [0.15, 0.2) is 29.3 Å². The fraction of sp³-hybridized carbons (Fsp3) is 0.438. The molecule has 0 atom stereocenters. The van der Waals surface area contributed by atoms with Crippen LogP contribution in [0.25, 0.3) is 0 Å². The molecule has 0 amide bonds. The summed E-state index contributed by atoms with van der Waals surface area (Å²) >= 11 is 0. The average Bonchev–Trinajstić information content (AvgIpc) is 3.01. The van der Waals surface area contributed by atoms with Crippen molar-refractivity contribution in [2.45, 2.75) is 32.0 Å². The van der Waals surface area contributed by atoms with Gasteiger partial charge in [0.1, 0.15) is 11.6 Å². The first-order chi connectivity index (χ1) is 11.1. The minimum atomic E-state index is -0.770. The van der Waals surface area contributed by atoms with Crippen molar-refractivity contribution in [2.75, 3.05) is 18.9 Å². The normalized spacial score (nSPS) is 16.6. The lowest BCUT2D eigenvalue weighted by molar-refractivity contribution is -0.157. The smallest absolute Gasteiger partial charge is 0.256 e. The van der Waals surface area contributed by atoms with Gasteiger partial charge in [-0.05, 0) is 18.1 Å². The number of nitrogen functional groups attached to an aromatic ring is 1. The Morgan fingerprint density at radius 3 is 2.78 bits per heavy atom. The molecule has 0 saturated carbocycles. The highest BCUT2D eigenvalue weighted by Gasteiger charge is 2.36. The molecule has 0 unspecified atom stereocenters. The molecule has 0 spiro atoms. The maximum atomic E-state index is 12.4. The molecule has 0 bridgehead atoms. The SMILES string of the molecule is CCC1(Cc2c(N)nc(Cc3cccnc3)[nH]c2=O)OCCO1. The molecule has 0 aromatic carbocycles. The summed E-state index contributed by atoms with van der Waals surface area (Å²) in [4.78, 5) is 23.6. The van der Waals surface area contributed by atoms with Crippen molar-refractivity contribution in [2.24, 2.45) is 0 Å². The van der Waals surface area contributed by atoms with E-state index in [2.05, 4.69) is 15.0 Å². The number of nitrogens with zero attached hydrogens (tertiary/aromatic N) is 2. The van der Waals surface area contributed by atoms with Gasteiger partial charge in [0.25, 0.3) is 5.56 Å². The van der Waals surface area contributed by atoms with Crippen LogP contribution >= 0.6 is 0 Å². The van der Waals surface area contributed by atoms with Crippen LogP contribution in [0, 0.1) is 0 Å². The minimum absolute atomic E-state index is 0.222. The molecule has 0 aliphatic carbocycles. The second kappa shape index (κ2) is 6.47. The van der Waals surface area contributed by atoms with Crippen molar-refractivity contribution < 1.29 is 9.47 Å². The first kappa shape index (κ1) is 15.6. The van der Waals surface area contributed by atoms with Crippen LogP contribution in [0.1, 0.15) is 30.3 Å². The zero-order chi connectivity index (χ0) is 16.3. The largest absolute Gasteiger partial charge is 0.383 e. The van der Waals surface area contributed by atoms with Crippen LogP contribution in [0.4, 0.5) is 5.82 Å². The van der Waals surface area contributed by atoms with Crippen molar-refractivity contribution in [3.8, 4) is 0 Å². The Morgan fingerprint density at radius 1 is 1.39 bits per heavy atom. The number of anilines is 1. The highest BCUT2D eigenvalue weighted by atomic mass is 16.7. The molecule has 3 rings (SSSR count). The Labute approximate surface area is 133 Å². The number of hydrogen-bond donors (Lipinski definition) is 2. The molecule has 7 nitrogen and oxygen atoms in total. The topological polar surface area (TPSA) is 103 Å². The molecule has 122 valence electrons. The lowest BCUT2D eigenvalue weighted by Gasteiger charge is -2.25. The van der Waals surface area contributed by atoms with Gasteiger partial charge in [-0.1, -0.05) is 13.0 Å². The van der Waals surface area contributed by atoms with Gasteiger partial charge in [0, 0.05) is 25.2 Å². The highest BCUT2D eigenvalue weighted by molar-refractivity contribution is 5.39. The Hall–Kier alpha value is -2.25. The molecule has 3 N–H and O–H groups in total. The molecule has 1 fully saturated rings. The van der Waals surface area contributed by atoms with Crippen molar-refractivity contribution >= 4 is 5.82 Å². The van der Waals surface area contributed by atoms with Gasteiger partial charge in [-0.25, -0.2) is 4.98 Å². The van der Waals surface area contributed by atoms with Crippen molar-refractivity contribution in [3.63, 3.8) is 0 Å². The third-order valence-electron chi connectivity index (χ3n) is 3.99. The number of H-pyrrole nitrogens is 1. The number of ether oxygens (including phenoxy) is 2. The van der Waals surface area contributed by atoms with Crippen LogP contribution in [-0.2, 0) is 22.3 Å². The zero-order valence-corrected chi connectivity index (χ0v) is 13.0. The number of aromatic nitrogens is 3. The number of nitrogens with one attached hydrogen (secondary N) is 1. The van der Waals surface area contributed by atoms with Gasteiger partial charge < -0.3 is 20.2 Å². The quantitative estimate of drug-likeness (QED) is 0.854. The fourth-order valence-corrected chi connectivity index (χ4v) is 2.71. The summed E-state index contributed by atoms with van der Waals surface area (Å²) in [6, 6.07) is 3.76. The van der Waals surface area contributed by atoms with E-state index >= 15 is 0 Å². The van der Waals surface area contributed by atoms with Crippen molar-refractivity contribution in [1.29, 1.82) is 0 Å². The molecule has 2 aromatic rings. The molecule has 3 heterocycles. The molecule has 7 heteroatoms. The summed E-state index contributed by atoms with van der Waals surface area (Å²) in [5.74, 6) is -0.0316. The van der Waals surface area contributed by atoms with Crippen molar-refractivity contribution in [3.05, 3.63) is 51.8 Å².